The predicted octanol–water partition coefficient (Wildman–Crippen LogP) is 0.649. The zero-order valence-corrected chi connectivity index (χ0v) is 8.68. The summed E-state index contributed by atoms with van der Waals surface area (Å²) in [6, 6.07) is 0.660. The second-order valence-corrected chi connectivity index (χ2v) is 3.73. The third-order valence-corrected chi connectivity index (χ3v) is 2.79. The van der Waals surface area contributed by atoms with Crippen LogP contribution in [0.25, 0.3) is 0 Å². The number of carbonyl (C=O) groups excluding carboxylic acids is 1. The minimum atomic E-state index is 0.364. The van der Waals surface area contributed by atoms with Gasteiger partial charge in [-0.25, -0.2) is 0 Å². The Morgan fingerprint density at radius 1 is 1.46 bits per heavy atom. The van der Waals surface area contributed by atoms with Crippen LogP contribution in [0.3, 0.4) is 0 Å². The summed E-state index contributed by atoms with van der Waals surface area (Å²) in [4.78, 5) is 13.4. The molecule has 0 unspecified atom stereocenters. The smallest absolute Gasteiger partial charge is 0.146 e. The first-order valence-corrected chi connectivity index (χ1v) is 5.17. The van der Waals surface area contributed by atoms with Crippen molar-refractivity contribution in [1.82, 2.24) is 10.2 Å². The lowest BCUT2D eigenvalue weighted by Crippen LogP contribution is -2.43. The van der Waals surface area contributed by atoms with Crippen molar-refractivity contribution in [3.8, 4) is 0 Å². The van der Waals surface area contributed by atoms with E-state index < -0.39 is 0 Å². The predicted molar refractivity (Wildman–Crippen MR) is 53.8 cm³/mol. The molecule has 1 aliphatic heterocycles. The molecule has 1 fully saturated rings. The summed E-state index contributed by atoms with van der Waals surface area (Å²) in [5.74, 6) is 0.364. The fourth-order valence-electron chi connectivity index (χ4n) is 1.74. The van der Waals surface area contributed by atoms with E-state index in [1.165, 1.54) is 12.8 Å². The van der Waals surface area contributed by atoms with E-state index in [4.69, 9.17) is 0 Å². The summed E-state index contributed by atoms with van der Waals surface area (Å²) in [6.07, 6.45) is 3.02. The molecule has 0 aromatic carbocycles. The Morgan fingerprint density at radius 2 is 2.08 bits per heavy atom. The van der Waals surface area contributed by atoms with Crippen molar-refractivity contribution in [2.75, 3.05) is 26.7 Å². The number of carbonyl (C=O) groups is 1. The molecule has 0 aromatic heterocycles. The van der Waals surface area contributed by atoms with Crippen LogP contribution in [-0.4, -0.2) is 43.4 Å². The number of piperidine rings is 1. The lowest BCUT2D eigenvalue weighted by Gasteiger charge is -2.31. The highest BCUT2D eigenvalue weighted by Crippen LogP contribution is 2.09. The van der Waals surface area contributed by atoms with Crippen LogP contribution >= 0.6 is 0 Å². The maximum Gasteiger partial charge on any atom is 0.146 e. The molecule has 0 aliphatic carbocycles. The molecule has 1 heterocycles. The molecule has 0 radical (unpaired) electrons. The third-order valence-electron chi connectivity index (χ3n) is 2.79. The van der Waals surface area contributed by atoms with Gasteiger partial charge in [-0.3, -0.25) is 9.69 Å². The monoisotopic (exact) mass is 184 g/mol. The van der Waals surface area contributed by atoms with Gasteiger partial charge in [-0.15, -0.1) is 0 Å². The van der Waals surface area contributed by atoms with Crippen LogP contribution in [0.5, 0.6) is 0 Å². The van der Waals surface area contributed by atoms with Gasteiger partial charge in [0.1, 0.15) is 5.78 Å². The average Bonchev–Trinajstić information content (AvgIpc) is 2.19. The lowest BCUT2D eigenvalue weighted by molar-refractivity contribution is -0.120. The molecule has 0 saturated carbocycles. The molecule has 3 nitrogen and oxygen atoms in total. The maximum absolute atomic E-state index is 11.2. The van der Waals surface area contributed by atoms with Crippen molar-refractivity contribution in [2.45, 2.75) is 32.2 Å². The summed E-state index contributed by atoms with van der Waals surface area (Å²) in [5.41, 5.74) is 0. The van der Waals surface area contributed by atoms with Crippen LogP contribution in [-0.2, 0) is 4.79 Å². The van der Waals surface area contributed by atoms with E-state index in [0.717, 1.165) is 13.1 Å². The number of likely N-dealkylation sites (tertiary alicyclic amines) is 1. The lowest BCUT2D eigenvalue weighted by atomic mass is 10.1. The van der Waals surface area contributed by atoms with Gasteiger partial charge in [-0.1, -0.05) is 6.92 Å². The van der Waals surface area contributed by atoms with E-state index >= 15 is 0 Å². The van der Waals surface area contributed by atoms with E-state index in [9.17, 15) is 4.79 Å². The van der Waals surface area contributed by atoms with Crippen LogP contribution in [0.1, 0.15) is 26.2 Å². The number of nitrogens with one attached hydrogen (secondary N) is 1. The first kappa shape index (κ1) is 10.7. The summed E-state index contributed by atoms with van der Waals surface area (Å²) in [7, 11) is 2.01. The minimum absolute atomic E-state index is 0.364. The molecular formula is C10H20N2O. The molecule has 1 rings (SSSR count). The van der Waals surface area contributed by atoms with E-state index in [0.29, 0.717) is 24.8 Å². The number of nitrogens with zero attached hydrogens (tertiary/aromatic N) is 1. The average molecular weight is 184 g/mol. The molecule has 1 N–H and O–H groups in total. The normalized spacial score (nSPS) is 20.5. The molecule has 0 bridgehead atoms. The Kier molecular flexibility index (Phi) is 4.39. The Hall–Kier alpha value is -0.410. The molecule has 0 aromatic rings. The van der Waals surface area contributed by atoms with Gasteiger partial charge in [0, 0.05) is 25.6 Å². The summed E-state index contributed by atoms with van der Waals surface area (Å²) < 4.78 is 0. The van der Waals surface area contributed by atoms with Crippen molar-refractivity contribution >= 4 is 5.78 Å². The topological polar surface area (TPSA) is 32.3 Å². The van der Waals surface area contributed by atoms with Crippen molar-refractivity contribution in [1.29, 1.82) is 0 Å². The van der Waals surface area contributed by atoms with Gasteiger partial charge in [-0.05, 0) is 19.9 Å². The summed E-state index contributed by atoms with van der Waals surface area (Å²) >= 11 is 0. The number of hydrogen-bond acceptors (Lipinski definition) is 3. The SMILES string of the molecule is CCC(=O)CN1CCC(NC)CC1. The molecule has 0 amide bonds. The molecule has 1 saturated heterocycles. The van der Waals surface area contributed by atoms with Gasteiger partial charge < -0.3 is 5.32 Å². The Bertz CT molecular complexity index is 162. The highest BCUT2D eigenvalue weighted by Gasteiger charge is 2.18. The van der Waals surface area contributed by atoms with E-state index in [-0.39, 0.29) is 0 Å². The number of Topliss-reactive ketones (excluding diaryl/α,β-unsaturated/α-hetero) is 1. The number of rotatable bonds is 4. The second kappa shape index (κ2) is 5.35. The van der Waals surface area contributed by atoms with Gasteiger partial charge in [-0.2, -0.15) is 0 Å². The highest BCUT2D eigenvalue weighted by atomic mass is 16.1. The quantitative estimate of drug-likeness (QED) is 0.696. The first-order valence-electron chi connectivity index (χ1n) is 5.17. The van der Waals surface area contributed by atoms with Gasteiger partial charge in [0.15, 0.2) is 0 Å². The maximum atomic E-state index is 11.2. The van der Waals surface area contributed by atoms with Crippen molar-refractivity contribution < 1.29 is 4.79 Å². The summed E-state index contributed by atoms with van der Waals surface area (Å²) in [5, 5.41) is 3.28. The van der Waals surface area contributed by atoms with E-state index in [1.54, 1.807) is 0 Å². The van der Waals surface area contributed by atoms with Gasteiger partial charge in [0.05, 0.1) is 6.54 Å². The minimum Gasteiger partial charge on any atom is -0.317 e. The molecule has 76 valence electrons. The number of hydrogen-bond donors (Lipinski definition) is 1. The van der Waals surface area contributed by atoms with Crippen molar-refractivity contribution in [3.05, 3.63) is 0 Å². The zero-order chi connectivity index (χ0) is 9.68. The van der Waals surface area contributed by atoms with Crippen LogP contribution in [0, 0.1) is 0 Å². The van der Waals surface area contributed by atoms with Crippen LogP contribution in [0.4, 0.5) is 0 Å². The van der Waals surface area contributed by atoms with E-state index in [1.807, 2.05) is 14.0 Å². The molecule has 13 heavy (non-hydrogen) atoms. The fraction of sp³-hybridized carbons (Fsp3) is 0.900. The van der Waals surface area contributed by atoms with Crippen LogP contribution < -0.4 is 5.32 Å². The third kappa shape index (κ3) is 3.44. The summed E-state index contributed by atoms with van der Waals surface area (Å²) in [6.45, 7) is 4.73. The Morgan fingerprint density at radius 3 is 2.54 bits per heavy atom. The molecule has 0 spiro atoms. The second-order valence-electron chi connectivity index (χ2n) is 3.73. The Balaban J connectivity index is 2.21. The molecule has 0 atom stereocenters. The Labute approximate surface area is 80.5 Å². The molecular weight excluding hydrogens is 164 g/mol. The van der Waals surface area contributed by atoms with Crippen molar-refractivity contribution in [2.24, 2.45) is 0 Å². The van der Waals surface area contributed by atoms with Gasteiger partial charge >= 0.3 is 0 Å². The largest absolute Gasteiger partial charge is 0.317 e. The first-order chi connectivity index (χ1) is 6.26. The fourth-order valence-corrected chi connectivity index (χ4v) is 1.74. The van der Waals surface area contributed by atoms with Crippen molar-refractivity contribution in [3.63, 3.8) is 0 Å². The highest BCUT2D eigenvalue weighted by molar-refractivity contribution is 5.80. The van der Waals surface area contributed by atoms with Gasteiger partial charge in [0.2, 0.25) is 0 Å². The van der Waals surface area contributed by atoms with E-state index in [2.05, 4.69) is 10.2 Å². The standard InChI is InChI=1S/C10H20N2O/c1-3-10(13)8-12-6-4-9(11-2)5-7-12/h9,11H,3-8H2,1-2H3. The van der Waals surface area contributed by atoms with Gasteiger partial charge in [0.25, 0.3) is 0 Å². The molecule has 1 aliphatic rings. The number of ketones is 1. The zero-order valence-electron chi connectivity index (χ0n) is 8.68. The van der Waals surface area contributed by atoms with Crippen LogP contribution in [0.15, 0.2) is 0 Å². The molecule has 3 heteroatoms. The van der Waals surface area contributed by atoms with Crippen LogP contribution in [0.2, 0.25) is 0 Å².